The van der Waals surface area contributed by atoms with Gasteiger partial charge in [0, 0.05) is 30.0 Å². The first-order chi connectivity index (χ1) is 12.5. The quantitative estimate of drug-likeness (QED) is 0.863. The zero-order chi connectivity index (χ0) is 18.5. The molecule has 1 aliphatic rings. The van der Waals surface area contributed by atoms with Crippen molar-refractivity contribution in [3.05, 3.63) is 59.7 Å². The summed E-state index contributed by atoms with van der Waals surface area (Å²) < 4.78 is 5.35. The Kier molecular flexibility index (Phi) is 5.53. The highest BCUT2D eigenvalue weighted by atomic mass is 16.5. The molecule has 2 aromatic rings. The molecule has 0 aliphatic carbocycles. The van der Waals surface area contributed by atoms with Crippen molar-refractivity contribution in [1.82, 2.24) is 0 Å². The highest BCUT2D eigenvalue weighted by Gasteiger charge is 2.14. The number of hydrogen-bond acceptors (Lipinski definition) is 4. The van der Waals surface area contributed by atoms with Crippen molar-refractivity contribution in [3.8, 4) is 0 Å². The summed E-state index contributed by atoms with van der Waals surface area (Å²) in [5.41, 5.74) is 2.99. The number of anilines is 2. The van der Waals surface area contributed by atoms with E-state index >= 15 is 0 Å². The standard InChI is InChI=1S/C20H22N2O4/c1-14(20(24)25)15-2-6-17(7-3-15)21-19(23)16-4-8-18(9-5-16)22-10-12-26-13-11-22/h2-9,14H,10-13H2,1H3,(H,21,23)(H,24,25). The van der Waals surface area contributed by atoms with E-state index in [0.29, 0.717) is 16.8 Å². The molecule has 0 bridgehead atoms. The van der Waals surface area contributed by atoms with Crippen LogP contribution in [0.25, 0.3) is 0 Å². The molecule has 1 heterocycles. The van der Waals surface area contributed by atoms with Gasteiger partial charge >= 0.3 is 5.97 Å². The maximum Gasteiger partial charge on any atom is 0.310 e. The van der Waals surface area contributed by atoms with Gasteiger partial charge in [-0.05, 0) is 48.9 Å². The summed E-state index contributed by atoms with van der Waals surface area (Å²) in [6, 6.07) is 14.4. The van der Waals surface area contributed by atoms with E-state index in [4.69, 9.17) is 9.84 Å². The van der Waals surface area contributed by atoms with Gasteiger partial charge in [0.25, 0.3) is 5.91 Å². The molecule has 2 aromatic carbocycles. The topological polar surface area (TPSA) is 78.9 Å². The van der Waals surface area contributed by atoms with Crippen molar-refractivity contribution in [2.24, 2.45) is 0 Å². The molecule has 0 spiro atoms. The number of aliphatic carboxylic acids is 1. The van der Waals surface area contributed by atoms with E-state index in [9.17, 15) is 9.59 Å². The van der Waals surface area contributed by atoms with Crippen LogP contribution >= 0.6 is 0 Å². The van der Waals surface area contributed by atoms with E-state index in [-0.39, 0.29) is 5.91 Å². The fourth-order valence-electron chi connectivity index (χ4n) is 2.85. The molecular weight excluding hydrogens is 332 g/mol. The van der Waals surface area contributed by atoms with Crippen molar-refractivity contribution in [2.45, 2.75) is 12.8 Å². The molecule has 0 radical (unpaired) electrons. The number of benzene rings is 2. The number of nitrogens with zero attached hydrogens (tertiary/aromatic N) is 1. The number of carbonyl (C=O) groups is 2. The Morgan fingerprint density at radius 2 is 1.65 bits per heavy atom. The van der Waals surface area contributed by atoms with Crippen molar-refractivity contribution in [2.75, 3.05) is 36.5 Å². The number of carboxylic acid groups (broad SMARTS) is 1. The van der Waals surface area contributed by atoms with E-state index in [0.717, 1.165) is 32.0 Å². The Morgan fingerprint density at radius 3 is 2.23 bits per heavy atom. The molecule has 0 aromatic heterocycles. The van der Waals surface area contributed by atoms with E-state index in [1.165, 1.54) is 0 Å². The number of amides is 1. The fourth-order valence-corrected chi connectivity index (χ4v) is 2.85. The highest BCUT2D eigenvalue weighted by molar-refractivity contribution is 6.04. The van der Waals surface area contributed by atoms with Gasteiger partial charge in [-0.3, -0.25) is 9.59 Å². The van der Waals surface area contributed by atoms with Crippen LogP contribution in [0.2, 0.25) is 0 Å². The molecule has 6 nitrogen and oxygen atoms in total. The Balaban J connectivity index is 1.63. The number of morpholine rings is 1. The minimum absolute atomic E-state index is 0.197. The second-order valence-electron chi connectivity index (χ2n) is 6.28. The molecule has 1 saturated heterocycles. The lowest BCUT2D eigenvalue weighted by molar-refractivity contribution is -0.138. The Morgan fingerprint density at radius 1 is 1.04 bits per heavy atom. The third-order valence-corrected chi connectivity index (χ3v) is 4.54. The van der Waals surface area contributed by atoms with Crippen LogP contribution in [0.4, 0.5) is 11.4 Å². The lowest BCUT2D eigenvalue weighted by Crippen LogP contribution is -2.36. The molecule has 0 saturated carbocycles. The summed E-state index contributed by atoms with van der Waals surface area (Å²) in [5, 5.41) is 11.9. The van der Waals surface area contributed by atoms with Crippen LogP contribution in [0.3, 0.4) is 0 Å². The molecule has 136 valence electrons. The molecule has 1 aliphatic heterocycles. The first-order valence-corrected chi connectivity index (χ1v) is 8.61. The number of rotatable bonds is 5. The second kappa shape index (κ2) is 8.01. The second-order valence-corrected chi connectivity index (χ2v) is 6.28. The lowest BCUT2D eigenvalue weighted by atomic mass is 10.0. The number of nitrogens with one attached hydrogen (secondary N) is 1. The van der Waals surface area contributed by atoms with Crippen molar-refractivity contribution < 1.29 is 19.4 Å². The van der Waals surface area contributed by atoms with Crippen LogP contribution in [-0.4, -0.2) is 43.3 Å². The van der Waals surface area contributed by atoms with Gasteiger partial charge in [-0.15, -0.1) is 0 Å². The summed E-state index contributed by atoms with van der Waals surface area (Å²) in [7, 11) is 0. The smallest absolute Gasteiger partial charge is 0.310 e. The van der Waals surface area contributed by atoms with Crippen molar-refractivity contribution in [1.29, 1.82) is 0 Å². The average Bonchev–Trinajstić information content (AvgIpc) is 2.68. The predicted molar refractivity (Wildman–Crippen MR) is 99.9 cm³/mol. The first-order valence-electron chi connectivity index (χ1n) is 8.61. The summed E-state index contributed by atoms with van der Waals surface area (Å²) in [6.07, 6.45) is 0. The van der Waals surface area contributed by atoms with E-state index in [1.807, 2.05) is 12.1 Å². The molecular formula is C20H22N2O4. The van der Waals surface area contributed by atoms with Crippen molar-refractivity contribution >= 4 is 23.3 Å². The van der Waals surface area contributed by atoms with Gasteiger partial charge in [-0.25, -0.2) is 0 Å². The maximum atomic E-state index is 12.4. The molecule has 6 heteroatoms. The molecule has 1 fully saturated rings. The Bertz CT molecular complexity index is 765. The SMILES string of the molecule is CC(C(=O)O)c1ccc(NC(=O)c2ccc(N3CCOCC3)cc2)cc1. The first kappa shape index (κ1) is 17.9. The minimum atomic E-state index is -0.873. The lowest BCUT2D eigenvalue weighted by Gasteiger charge is -2.28. The van der Waals surface area contributed by atoms with E-state index in [2.05, 4.69) is 10.2 Å². The Labute approximate surface area is 152 Å². The average molecular weight is 354 g/mol. The van der Waals surface area contributed by atoms with Gasteiger partial charge in [0.2, 0.25) is 0 Å². The number of hydrogen-bond donors (Lipinski definition) is 2. The summed E-state index contributed by atoms with van der Waals surface area (Å²) in [5.74, 6) is -1.65. The van der Waals surface area contributed by atoms with Gasteiger partial charge in [-0.1, -0.05) is 12.1 Å². The number of carboxylic acids is 1. The van der Waals surface area contributed by atoms with Gasteiger partial charge in [0.1, 0.15) is 0 Å². The van der Waals surface area contributed by atoms with Gasteiger partial charge in [0.05, 0.1) is 19.1 Å². The number of carbonyl (C=O) groups excluding carboxylic acids is 1. The van der Waals surface area contributed by atoms with Crippen LogP contribution in [0.1, 0.15) is 28.8 Å². The van der Waals surface area contributed by atoms with Crippen molar-refractivity contribution in [3.63, 3.8) is 0 Å². The largest absolute Gasteiger partial charge is 0.481 e. The monoisotopic (exact) mass is 354 g/mol. The zero-order valence-corrected chi connectivity index (χ0v) is 14.6. The molecule has 1 amide bonds. The van der Waals surface area contributed by atoms with E-state index < -0.39 is 11.9 Å². The molecule has 3 rings (SSSR count). The number of ether oxygens (including phenoxy) is 1. The van der Waals surface area contributed by atoms with Crippen LogP contribution in [0.15, 0.2) is 48.5 Å². The molecule has 26 heavy (non-hydrogen) atoms. The molecule has 1 unspecified atom stereocenters. The van der Waals surface area contributed by atoms with Gasteiger partial charge in [-0.2, -0.15) is 0 Å². The summed E-state index contributed by atoms with van der Waals surface area (Å²) in [6.45, 7) is 4.78. The summed E-state index contributed by atoms with van der Waals surface area (Å²) >= 11 is 0. The minimum Gasteiger partial charge on any atom is -0.481 e. The fraction of sp³-hybridized carbons (Fsp3) is 0.300. The van der Waals surface area contributed by atoms with Gasteiger partial charge in [0.15, 0.2) is 0 Å². The van der Waals surface area contributed by atoms with Crippen LogP contribution < -0.4 is 10.2 Å². The maximum absolute atomic E-state index is 12.4. The van der Waals surface area contributed by atoms with Crippen LogP contribution in [-0.2, 0) is 9.53 Å². The van der Waals surface area contributed by atoms with Crippen LogP contribution in [0.5, 0.6) is 0 Å². The normalized spacial score (nSPS) is 15.3. The Hall–Kier alpha value is -2.86. The third kappa shape index (κ3) is 4.21. The molecule has 1 atom stereocenters. The van der Waals surface area contributed by atoms with Crippen LogP contribution in [0, 0.1) is 0 Å². The zero-order valence-electron chi connectivity index (χ0n) is 14.6. The highest BCUT2D eigenvalue weighted by Crippen LogP contribution is 2.20. The predicted octanol–water partition coefficient (Wildman–Crippen LogP) is 2.96. The summed E-state index contributed by atoms with van der Waals surface area (Å²) in [4.78, 5) is 25.6. The third-order valence-electron chi connectivity index (χ3n) is 4.54. The molecule has 2 N–H and O–H groups in total. The van der Waals surface area contributed by atoms with E-state index in [1.54, 1.807) is 43.3 Å². The van der Waals surface area contributed by atoms with Gasteiger partial charge < -0.3 is 20.1 Å².